The van der Waals surface area contributed by atoms with Crippen LogP contribution in [0.15, 0.2) is 30.3 Å². The zero-order valence-electron chi connectivity index (χ0n) is 11.2. The molecule has 3 rings (SSSR count). The van der Waals surface area contributed by atoms with Crippen LogP contribution in [0.4, 0.5) is 5.95 Å². The molecule has 0 radical (unpaired) electrons. The SMILES string of the molecule is Cn1c(-c2ccccc2)nnc1N1CCCNCC1. The molecule has 2 heterocycles. The fraction of sp³-hybridized carbons (Fsp3) is 0.429. The first-order valence-electron chi connectivity index (χ1n) is 6.77. The van der Waals surface area contributed by atoms with E-state index >= 15 is 0 Å². The van der Waals surface area contributed by atoms with Gasteiger partial charge < -0.3 is 10.2 Å². The van der Waals surface area contributed by atoms with Crippen molar-refractivity contribution >= 4 is 5.95 Å². The van der Waals surface area contributed by atoms with Crippen molar-refractivity contribution in [3.8, 4) is 11.4 Å². The van der Waals surface area contributed by atoms with Crippen LogP contribution in [0.5, 0.6) is 0 Å². The second kappa shape index (κ2) is 5.40. The maximum absolute atomic E-state index is 4.37. The number of anilines is 1. The average Bonchev–Trinajstić information content (AvgIpc) is 2.67. The number of aromatic nitrogens is 3. The van der Waals surface area contributed by atoms with E-state index in [1.54, 1.807) is 0 Å². The molecule has 19 heavy (non-hydrogen) atoms. The van der Waals surface area contributed by atoms with Gasteiger partial charge in [0.15, 0.2) is 5.82 Å². The molecule has 1 aliphatic heterocycles. The minimum Gasteiger partial charge on any atom is -0.340 e. The van der Waals surface area contributed by atoms with Crippen LogP contribution < -0.4 is 10.2 Å². The largest absolute Gasteiger partial charge is 0.340 e. The van der Waals surface area contributed by atoms with Gasteiger partial charge in [-0.15, -0.1) is 10.2 Å². The van der Waals surface area contributed by atoms with Crippen molar-refractivity contribution in [2.75, 3.05) is 31.1 Å². The monoisotopic (exact) mass is 257 g/mol. The lowest BCUT2D eigenvalue weighted by Gasteiger charge is -2.20. The molecule has 100 valence electrons. The highest BCUT2D eigenvalue weighted by Gasteiger charge is 2.17. The summed E-state index contributed by atoms with van der Waals surface area (Å²) in [4.78, 5) is 2.30. The third-order valence-electron chi connectivity index (χ3n) is 3.51. The minimum atomic E-state index is 0.924. The molecule has 1 N–H and O–H groups in total. The standard InChI is InChI=1S/C14H19N5/c1-18-13(12-6-3-2-4-7-12)16-17-14(18)19-10-5-8-15-9-11-19/h2-4,6-7,15H,5,8-11H2,1H3. The number of hydrogen-bond acceptors (Lipinski definition) is 4. The van der Waals surface area contributed by atoms with E-state index in [0.29, 0.717) is 0 Å². The Bertz CT molecular complexity index is 526. The third-order valence-corrected chi connectivity index (χ3v) is 3.51. The van der Waals surface area contributed by atoms with Gasteiger partial charge in [0.05, 0.1) is 0 Å². The lowest BCUT2D eigenvalue weighted by atomic mass is 10.2. The molecule has 0 aliphatic carbocycles. The summed E-state index contributed by atoms with van der Waals surface area (Å²) >= 11 is 0. The molecule has 0 saturated carbocycles. The molecule has 5 nitrogen and oxygen atoms in total. The van der Waals surface area contributed by atoms with Crippen LogP contribution in [0, 0.1) is 0 Å². The lowest BCUT2D eigenvalue weighted by molar-refractivity contribution is 0.724. The number of nitrogens with one attached hydrogen (secondary N) is 1. The predicted molar refractivity (Wildman–Crippen MR) is 76.1 cm³/mol. The summed E-state index contributed by atoms with van der Waals surface area (Å²) in [6, 6.07) is 10.2. The van der Waals surface area contributed by atoms with E-state index in [4.69, 9.17) is 0 Å². The Morgan fingerprint density at radius 1 is 1.05 bits per heavy atom. The van der Waals surface area contributed by atoms with E-state index in [9.17, 15) is 0 Å². The molecule has 5 heteroatoms. The molecular formula is C14H19N5. The Kier molecular flexibility index (Phi) is 3.46. The van der Waals surface area contributed by atoms with E-state index in [-0.39, 0.29) is 0 Å². The smallest absolute Gasteiger partial charge is 0.227 e. The number of hydrogen-bond donors (Lipinski definition) is 1. The van der Waals surface area contributed by atoms with E-state index in [1.165, 1.54) is 0 Å². The number of nitrogens with zero attached hydrogens (tertiary/aromatic N) is 4. The maximum atomic E-state index is 4.37. The van der Waals surface area contributed by atoms with E-state index in [0.717, 1.165) is 49.9 Å². The normalized spacial score (nSPS) is 16.4. The highest BCUT2D eigenvalue weighted by Crippen LogP contribution is 2.21. The van der Waals surface area contributed by atoms with Gasteiger partial charge in [-0.1, -0.05) is 30.3 Å². The zero-order chi connectivity index (χ0) is 13.1. The highest BCUT2D eigenvalue weighted by molar-refractivity contribution is 5.57. The lowest BCUT2D eigenvalue weighted by Crippen LogP contribution is -2.30. The Hall–Kier alpha value is -1.88. The van der Waals surface area contributed by atoms with E-state index < -0.39 is 0 Å². The summed E-state index contributed by atoms with van der Waals surface area (Å²) in [5.41, 5.74) is 1.11. The summed E-state index contributed by atoms with van der Waals surface area (Å²) in [6.07, 6.45) is 1.15. The predicted octanol–water partition coefficient (Wildman–Crippen LogP) is 1.28. The van der Waals surface area contributed by atoms with Gasteiger partial charge in [0, 0.05) is 32.2 Å². The van der Waals surface area contributed by atoms with Crippen LogP contribution in [0.3, 0.4) is 0 Å². The number of benzene rings is 1. The van der Waals surface area contributed by atoms with E-state index in [1.807, 2.05) is 25.2 Å². The van der Waals surface area contributed by atoms with Gasteiger partial charge >= 0.3 is 0 Å². The van der Waals surface area contributed by atoms with Crippen LogP contribution >= 0.6 is 0 Å². The van der Waals surface area contributed by atoms with Crippen molar-refractivity contribution in [2.45, 2.75) is 6.42 Å². The van der Waals surface area contributed by atoms with Crippen LogP contribution in [0.1, 0.15) is 6.42 Å². The fourth-order valence-electron chi connectivity index (χ4n) is 2.48. The molecular weight excluding hydrogens is 238 g/mol. The first-order valence-corrected chi connectivity index (χ1v) is 6.77. The van der Waals surface area contributed by atoms with Gasteiger partial charge in [-0.25, -0.2) is 0 Å². The van der Waals surface area contributed by atoms with Crippen LogP contribution in [0.25, 0.3) is 11.4 Å². The molecule has 0 spiro atoms. The molecule has 0 bridgehead atoms. The van der Waals surface area contributed by atoms with Crippen molar-refractivity contribution in [3.05, 3.63) is 30.3 Å². The summed E-state index contributed by atoms with van der Waals surface area (Å²) in [6.45, 7) is 4.11. The Labute approximate surface area is 113 Å². The molecule has 0 atom stereocenters. The van der Waals surface area contributed by atoms with Crippen LogP contribution in [0.2, 0.25) is 0 Å². The van der Waals surface area contributed by atoms with Gasteiger partial charge in [0.2, 0.25) is 5.95 Å². The Morgan fingerprint density at radius 3 is 2.74 bits per heavy atom. The summed E-state index contributed by atoms with van der Waals surface area (Å²) in [7, 11) is 2.04. The van der Waals surface area contributed by atoms with Crippen molar-refractivity contribution in [3.63, 3.8) is 0 Å². The quantitative estimate of drug-likeness (QED) is 0.880. The molecule has 2 aromatic rings. The average molecular weight is 257 g/mol. The summed E-state index contributed by atoms with van der Waals surface area (Å²) in [5, 5.41) is 12.1. The first-order chi connectivity index (χ1) is 9.36. The molecule has 1 saturated heterocycles. The second-order valence-corrected chi connectivity index (χ2v) is 4.84. The van der Waals surface area contributed by atoms with Crippen LogP contribution in [-0.4, -0.2) is 40.9 Å². The molecule has 0 unspecified atom stereocenters. The molecule has 1 fully saturated rings. The first kappa shape index (κ1) is 12.2. The number of rotatable bonds is 2. The van der Waals surface area contributed by atoms with Crippen molar-refractivity contribution < 1.29 is 0 Å². The Morgan fingerprint density at radius 2 is 1.89 bits per heavy atom. The third kappa shape index (κ3) is 2.46. The van der Waals surface area contributed by atoms with Gasteiger partial charge in [-0.2, -0.15) is 0 Å². The van der Waals surface area contributed by atoms with Crippen molar-refractivity contribution in [1.82, 2.24) is 20.1 Å². The topological polar surface area (TPSA) is 46.0 Å². The Balaban J connectivity index is 1.90. The second-order valence-electron chi connectivity index (χ2n) is 4.84. The molecule has 1 aromatic carbocycles. The van der Waals surface area contributed by atoms with E-state index in [2.05, 4.69) is 37.1 Å². The molecule has 1 aromatic heterocycles. The molecule has 0 amide bonds. The summed E-state index contributed by atoms with van der Waals surface area (Å²) < 4.78 is 2.08. The van der Waals surface area contributed by atoms with Crippen LogP contribution in [-0.2, 0) is 7.05 Å². The van der Waals surface area contributed by atoms with Gasteiger partial charge in [-0.3, -0.25) is 4.57 Å². The van der Waals surface area contributed by atoms with Crippen molar-refractivity contribution in [1.29, 1.82) is 0 Å². The summed E-state index contributed by atoms with van der Waals surface area (Å²) in [5.74, 6) is 1.88. The highest BCUT2D eigenvalue weighted by atomic mass is 15.4. The van der Waals surface area contributed by atoms with Crippen molar-refractivity contribution in [2.24, 2.45) is 7.05 Å². The minimum absolute atomic E-state index is 0.924. The van der Waals surface area contributed by atoms with Gasteiger partial charge in [0.1, 0.15) is 0 Å². The fourth-order valence-corrected chi connectivity index (χ4v) is 2.48. The van der Waals surface area contributed by atoms with Gasteiger partial charge in [0.25, 0.3) is 0 Å². The maximum Gasteiger partial charge on any atom is 0.227 e. The van der Waals surface area contributed by atoms with Gasteiger partial charge in [-0.05, 0) is 13.0 Å². The molecule has 1 aliphatic rings. The zero-order valence-corrected chi connectivity index (χ0v) is 11.2.